The monoisotopic (exact) mass is 224 g/mol. The summed E-state index contributed by atoms with van der Waals surface area (Å²) in [5.74, 6) is 0.766. The van der Waals surface area contributed by atoms with Crippen LogP contribution in [0.25, 0.3) is 0 Å². The molecule has 1 fully saturated rings. The summed E-state index contributed by atoms with van der Waals surface area (Å²) in [5, 5.41) is 0. The SMILES string of the molecule is CC1CCCCCCCCCC(C)(C)C1=O. The highest BCUT2D eigenvalue weighted by molar-refractivity contribution is 5.85. The number of ketones is 1. The normalized spacial score (nSPS) is 29.2. The third kappa shape index (κ3) is 4.27. The lowest BCUT2D eigenvalue weighted by atomic mass is 9.76. The fourth-order valence-electron chi connectivity index (χ4n) is 2.82. The van der Waals surface area contributed by atoms with Crippen molar-refractivity contribution in [2.45, 2.75) is 78.6 Å². The quantitative estimate of drug-likeness (QED) is 0.580. The van der Waals surface area contributed by atoms with Crippen LogP contribution < -0.4 is 0 Å². The Morgan fingerprint density at radius 1 is 0.938 bits per heavy atom. The molecule has 0 aromatic heterocycles. The predicted molar refractivity (Wildman–Crippen MR) is 69.5 cm³/mol. The maximum absolute atomic E-state index is 12.3. The lowest BCUT2D eigenvalue weighted by molar-refractivity contribution is -0.131. The van der Waals surface area contributed by atoms with Crippen LogP contribution in [0.4, 0.5) is 0 Å². The van der Waals surface area contributed by atoms with Gasteiger partial charge < -0.3 is 0 Å². The van der Waals surface area contributed by atoms with E-state index in [2.05, 4.69) is 20.8 Å². The van der Waals surface area contributed by atoms with Crippen LogP contribution in [-0.2, 0) is 4.79 Å². The van der Waals surface area contributed by atoms with Gasteiger partial charge in [0, 0.05) is 11.3 Å². The molecule has 0 spiro atoms. The highest BCUT2D eigenvalue weighted by Gasteiger charge is 2.30. The molecule has 16 heavy (non-hydrogen) atoms. The minimum absolute atomic E-state index is 0.0847. The van der Waals surface area contributed by atoms with E-state index in [0.29, 0.717) is 5.78 Å². The zero-order valence-corrected chi connectivity index (χ0v) is 11.3. The molecule has 0 amide bonds. The standard InChI is InChI=1S/C15H28O/c1-13-11-9-7-5-4-6-8-10-12-15(2,3)14(13)16/h13H,4-12H2,1-3H3. The number of hydrogen-bond donors (Lipinski definition) is 0. The molecule has 0 saturated heterocycles. The lowest BCUT2D eigenvalue weighted by Gasteiger charge is -2.27. The van der Waals surface area contributed by atoms with E-state index >= 15 is 0 Å². The van der Waals surface area contributed by atoms with Gasteiger partial charge in [-0.1, -0.05) is 65.7 Å². The zero-order valence-electron chi connectivity index (χ0n) is 11.3. The van der Waals surface area contributed by atoms with Gasteiger partial charge in [0.25, 0.3) is 0 Å². The first-order valence-corrected chi connectivity index (χ1v) is 7.08. The molecule has 1 atom stereocenters. The van der Waals surface area contributed by atoms with Gasteiger partial charge in [-0.05, 0) is 12.8 Å². The first-order valence-electron chi connectivity index (χ1n) is 7.08. The summed E-state index contributed by atoms with van der Waals surface area (Å²) < 4.78 is 0. The fraction of sp³-hybridized carbons (Fsp3) is 0.933. The number of carbonyl (C=O) groups is 1. The minimum atomic E-state index is -0.0847. The lowest BCUT2D eigenvalue weighted by Crippen LogP contribution is -2.29. The van der Waals surface area contributed by atoms with E-state index in [0.717, 1.165) is 12.8 Å². The van der Waals surface area contributed by atoms with Crippen LogP contribution in [0.3, 0.4) is 0 Å². The molecule has 1 saturated carbocycles. The van der Waals surface area contributed by atoms with Gasteiger partial charge in [-0.3, -0.25) is 4.79 Å². The molecule has 94 valence electrons. The van der Waals surface area contributed by atoms with E-state index in [1.165, 1.54) is 44.9 Å². The highest BCUT2D eigenvalue weighted by atomic mass is 16.1. The molecule has 1 rings (SSSR count). The molecular weight excluding hydrogens is 196 g/mol. The smallest absolute Gasteiger partial charge is 0.141 e. The Labute approximate surface area is 101 Å². The summed E-state index contributed by atoms with van der Waals surface area (Å²) in [7, 11) is 0. The van der Waals surface area contributed by atoms with Crippen molar-refractivity contribution in [1.29, 1.82) is 0 Å². The maximum Gasteiger partial charge on any atom is 0.141 e. The van der Waals surface area contributed by atoms with Crippen LogP contribution >= 0.6 is 0 Å². The molecule has 1 aliphatic rings. The van der Waals surface area contributed by atoms with Gasteiger partial charge >= 0.3 is 0 Å². The number of carbonyl (C=O) groups excluding carboxylic acids is 1. The van der Waals surface area contributed by atoms with Crippen LogP contribution in [0.15, 0.2) is 0 Å². The van der Waals surface area contributed by atoms with Gasteiger partial charge in [-0.25, -0.2) is 0 Å². The largest absolute Gasteiger partial charge is 0.299 e. The van der Waals surface area contributed by atoms with E-state index in [-0.39, 0.29) is 11.3 Å². The third-order valence-corrected chi connectivity index (χ3v) is 4.05. The fourth-order valence-corrected chi connectivity index (χ4v) is 2.82. The first-order chi connectivity index (χ1) is 7.54. The molecule has 0 aromatic rings. The van der Waals surface area contributed by atoms with Gasteiger partial charge in [-0.15, -0.1) is 0 Å². The average molecular weight is 224 g/mol. The van der Waals surface area contributed by atoms with E-state index in [9.17, 15) is 4.79 Å². The molecule has 0 heterocycles. The van der Waals surface area contributed by atoms with E-state index < -0.39 is 0 Å². The Hall–Kier alpha value is -0.330. The van der Waals surface area contributed by atoms with Crippen molar-refractivity contribution in [3.8, 4) is 0 Å². The van der Waals surface area contributed by atoms with Crippen molar-refractivity contribution in [1.82, 2.24) is 0 Å². The molecule has 1 unspecified atom stereocenters. The van der Waals surface area contributed by atoms with Crippen molar-refractivity contribution in [3.05, 3.63) is 0 Å². The van der Waals surface area contributed by atoms with Gasteiger partial charge in [0.1, 0.15) is 5.78 Å². The number of Topliss-reactive ketones (excluding diaryl/α,β-unsaturated/α-hetero) is 1. The van der Waals surface area contributed by atoms with E-state index in [1.807, 2.05) is 0 Å². The molecule has 1 heteroatoms. The minimum Gasteiger partial charge on any atom is -0.299 e. The van der Waals surface area contributed by atoms with E-state index in [4.69, 9.17) is 0 Å². The summed E-state index contributed by atoms with van der Waals surface area (Å²) in [6, 6.07) is 0. The van der Waals surface area contributed by atoms with Crippen LogP contribution in [0.2, 0.25) is 0 Å². The predicted octanol–water partition coefficient (Wildman–Crippen LogP) is 4.74. The Morgan fingerprint density at radius 3 is 2.06 bits per heavy atom. The van der Waals surface area contributed by atoms with Crippen LogP contribution in [0, 0.1) is 11.3 Å². The molecule has 0 aromatic carbocycles. The summed E-state index contributed by atoms with van der Waals surface area (Å²) >= 11 is 0. The summed E-state index contributed by atoms with van der Waals surface area (Å²) in [6.07, 6.45) is 11.4. The summed E-state index contributed by atoms with van der Waals surface area (Å²) in [4.78, 5) is 12.3. The average Bonchev–Trinajstić information content (AvgIpc) is 2.24. The van der Waals surface area contributed by atoms with E-state index in [1.54, 1.807) is 0 Å². The van der Waals surface area contributed by atoms with Crippen molar-refractivity contribution in [2.24, 2.45) is 11.3 Å². The maximum atomic E-state index is 12.3. The molecule has 0 aliphatic heterocycles. The summed E-state index contributed by atoms with van der Waals surface area (Å²) in [5.41, 5.74) is -0.0847. The second-order valence-corrected chi connectivity index (χ2v) is 6.16. The molecule has 0 N–H and O–H groups in total. The second-order valence-electron chi connectivity index (χ2n) is 6.16. The van der Waals surface area contributed by atoms with Crippen LogP contribution in [0.1, 0.15) is 78.6 Å². The topological polar surface area (TPSA) is 17.1 Å². The van der Waals surface area contributed by atoms with Gasteiger partial charge in [-0.2, -0.15) is 0 Å². The molecule has 1 nitrogen and oxygen atoms in total. The first kappa shape index (κ1) is 13.7. The zero-order chi connectivity index (χ0) is 12.0. The van der Waals surface area contributed by atoms with Crippen molar-refractivity contribution >= 4 is 5.78 Å². The Bertz CT molecular complexity index is 217. The van der Waals surface area contributed by atoms with Gasteiger partial charge in [0.2, 0.25) is 0 Å². The van der Waals surface area contributed by atoms with Crippen molar-refractivity contribution in [2.75, 3.05) is 0 Å². The molecular formula is C15H28O. The Kier molecular flexibility index (Phi) is 5.51. The van der Waals surface area contributed by atoms with Crippen molar-refractivity contribution in [3.63, 3.8) is 0 Å². The third-order valence-electron chi connectivity index (χ3n) is 4.05. The Balaban J connectivity index is 2.55. The Morgan fingerprint density at radius 2 is 1.44 bits per heavy atom. The van der Waals surface area contributed by atoms with Crippen LogP contribution in [-0.4, -0.2) is 5.78 Å². The molecule has 0 bridgehead atoms. The molecule has 0 radical (unpaired) electrons. The van der Waals surface area contributed by atoms with Crippen molar-refractivity contribution < 1.29 is 4.79 Å². The number of hydrogen-bond acceptors (Lipinski definition) is 1. The highest BCUT2D eigenvalue weighted by Crippen LogP contribution is 2.30. The summed E-state index contributed by atoms with van der Waals surface area (Å²) in [6.45, 7) is 6.39. The second kappa shape index (κ2) is 6.42. The van der Waals surface area contributed by atoms with Gasteiger partial charge in [0.15, 0.2) is 0 Å². The van der Waals surface area contributed by atoms with Crippen LogP contribution in [0.5, 0.6) is 0 Å². The molecule has 1 aliphatic carbocycles. The number of rotatable bonds is 0. The van der Waals surface area contributed by atoms with Gasteiger partial charge in [0.05, 0.1) is 0 Å².